The molecule has 82 valence electrons. The molecule has 0 aromatic carbocycles. The topological polar surface area (TPSA) is 78.6 Å². The van der Waals surface area contributed by atoms with Gasteiger partial charge in [0, 0.05) is 6.61 Å². The number of hydrogen-bond acceptors (Lipinski definition) is 4. The van der Waals surface area contributed by atoms with Gasteiger partial charge in [-0.3, -0.25) is 15.1 Å². The molecule has 0 saturated carbocycles. The molecule has 0 aromatic rings. The molecule has 1 amide bonds. The molecule has 5 heteroatoms. The summed E-state index contributed by atoms with van der Waals surface area (Å²) >= 11 is 0. The molecule has 0 spiro atoms. The van der Waals surface area contributed by atoms with Crippen LogP contribution in [0.1, 0.15) is 19.8 Å². The van der Waals surface area contributed by atoms with Crippen molar-refractivity contribution in [3.63, 3.8) is 0 Å². The Morgan fingerprint density at radius 1 is 1.64 bits per heavy atom. The molecule has 4 N–H and O–H groups in total. The summed E-state index contributed by atoms with van der Waals surface area (Å²) in [5, 5.41) is 8.95. The normalized spacial score (nSPS) is 21.9. The van der Waals surface area contributed by atoms with Crippen molar-refractivity contribution in [1.82, 2.24) is 10.3 Å². The smallest absolute Gasteiger partial charge is 0.250 e. The maximum Gasteiger partial charge on any atom is 0.250 e. The molecule has 1 saturated heterocycles. The number of likely N-dealkylation sites (tertiary alicyclic amines) is 1. The third-order valence-corrected chi connectivity index (χ3v) is 2.98. The van der Waals surface area contributed by atoms with Crippen LogP contribution in [0.3, 0.4) is 0 Å². The van der Waals surface area contributed by atoms with Gasteiger partial charge in [0.25, 0.3) is 5.91 Å². The number of nitrogens with zero attached hydrogens (tertiary/aromatic N) is 1. The summed E-state index contributed by atoms with van der Waals surface area (Å²) in [6.07, 6.45) is 1.91. The second-order valence-electron chi connectivity index (χ2n) is 3.85. The fourth-order valence-electron chi connectivity index (χ4n) is 1.81. The summed E-state index contributed by atoms with van der Waals surface area (Å²) in [5.41, 5.74) is 2.16. The number of piperidine rings is 1. The molecular formula is C9H19N3O2. The lowest BCUT2D eigenvalue weighted by Gasteiger charge is -2.34. The van der Waals surface area contributed by atoms with Crippen molar-refractivity contribution in [3.05, 3.63) is 0 Å². The number of hydrazine groups is 1. The zero-order valence-corrected chi connectivity index (χ0v) is 8.57. The average Bonchev–Trinajstić information content (AvgIpc) is 2.27. The van der Waals surface area contributed by atoms with E-state index in [9.17, 15) is 4.79 Å². The maximum absolute atomic E-state index is 11.2. The Hall–Kier alpha value is -0.650. The third-order valence-electron chi connectivity index (χ3n) is 2.98. The van der Waals surface area contributed by atoms with E-state index in [1.807, 2.05) is 6.92 Å². The molecule has 0 aliphatic carbocycles. The lowest BCUT2D eigenvalue weighted by atomic mass is 9.97. The number of aliphatic hydroxyl groups excluding tert-OH is 1. The van der Waals surface area contributed by atoms with Crippen LogP contribution in [-0.2, 0) is 4.79 Å². The van der Waals surface area contributed by atoms with E-state index in [1.54, 1.807) is 0 Å². The van der Waals surface area contributed by atoms with E-state index in [1.165, 1.54) is 0 Å². The van der Waals surface area contributed by atoms with Crippen LogP contribution in [0, 0.1) is 5.92 Å². The Kier molecular flexibility index (Phi) is 4.31. The number of aliphatic hydroxyl groups is 1. The van der Waals surface area contributed by atoms with Gasteiger partial charge in [0.05, 0.1) is 6.04 Å². The number of carbonyl (C=O) groups excluding carboxylic acids is 1. The first-order valence-corrected chi connectivity index (χ1v) is 5.04. The highest BCUT2D eigenvalue weighted by Gasteiger charge is 2.25. The van der Waals surface area contributed by atoms with Gasteiger partial charge in [0.1, 0.15) is 0 Å². The van der Waals surface area contributed by atoms with Crippen LogP contribution in [0.15, 0.2) is 0 Å². The minimum atomic E-state index is -0.167. The van der Waals surface area contributed by atoms with Gasteiger partial charge in [0.15, 0.2) is 0 Å². The first-order valence-electron chi connectivity index (χ1n) is 5.04. The van der Waals surface area contributed by atoms with Gasteiger partial charge < -0.3 is 5.11 Å². The molecule has 14 heavy (non-hydrogen) atoms. The second-order valence-corrected chi connectivity index (χ2v) is 3.85. The number of amides is 1. The van der Waals surface area contributed by atoms with Crippen molar-refractivity contribution >= 4 is 5.91 Å². The van der Waals surface area contributed by atoms with Crippen LogP contribution < -0.4 is 11.3 Å². The Bertz CT molecular complexity index is 190. The molecular weight excluding hydrogens is 182 g/mol. The number of carbonyl (C=O) groups is 1. The van der Waals surface area contributed by atoms with Gasteiger partial charge in [-0.05, 0) is 38.8 Å². The molecule has 1 fully saturated rings. The van der Waals surface area contributed by atoms with E-state index in [-0.39, 0.29) is 18.6 Å². The summed E-state index contributed by atoms with van der Waals surface area (Å²) in [4.78, 5) is 13.3. The van der Waals surface area contributed by atoms with Gasteiger partial charge in [-0.25, -0.2) is 5.84 Å². The van der Waals surface area contributed by atoms with E-state index in [2.05, 4.69) is 10.3 Å². The lowest BCUT2D eigenvalue weighted by Crippen LogP contribution is -2.50. The first kappa shape index (κ1) is 11.4. The lowest BCUT2D eigenvalue weighted by molar-refractivity contribution is -0.126. The van der Waals surface area contributed by atoms with Crippen molar-refractivity contribution in [2.24, 2.45) is 11.8 Å². The molecule has 0 aromatic heterocycles. The number of nitrogens with two attached hydrogens (primary N) is 1. The van der Waals surface area contributed by atoms with Crippen LogP contribution in [0.2, 0.25) is 0 Å². The number of hydrogen-bond donors (Lipinski definition) is 3. The van der Waals surface area contributed by atoms with Gasteiger partial charge in [-0.15, -0.1) is 0 Å². The average molecular weight is 201 g/mol. The summed E-state index contributed by atoms with van der Waals surface area (Å²) in [7, 11) is 0. The molecule has 1 rings (SSSR count). The molecule has 1 aliphatic rings. The SMILES string of the molecule is CC(C(=O)NN)N1CCC(CO)CC1. The van der Waals surface area contributed by atoms with E-state index >= 15 is 0 Å². The fraction of sp³-hybridized carbons (Fsp3) is 0.889. The van der Waals surface area contributed by atoms with Crippen molar-refractivity contribution < 1.29 is 9.90 Å². The van der Waals surface area contributed by atoms with Crippen molar-refractivity contribution in [3.8, 4) is 0 Å². The minimum absolute atomic E-state index is 0.146. The highest BCUT2D eigenvalue weighted by atomic mass is 16.3. The third kappa shape index (κ3) is 2.67. The zero-order chi connectivity index (χ0) is 10.6. The summed E-state index contributed by atoms with van der Waals surface area (Å²) in [6, 6.07) is -0.167. The highest BCUT2D eigenvalue weighted by Crippen LogP contribution is 2.18. The summed E-state index contributed by atoms with van der Waals surface area (Å²) < 4.78 is 0. The van der Waals surface area contributed by atoms with E-state index in [0.717, 1.165) is 25.9 Å². The van der Waals surface area contributed by atoms with Crippen molar-refractivity contribution in [1.29, 1.82) is 0 Å². The quantitative estimate of drug-likeness (QED) is 0.313. The molecule has 0 bridgehead atoms. The second kappa shape index (κ2) is 5.29. The van der Waals surface area contributed by atoms with Gasteiger partial charge in [-0.2, -0.15) is 0 Å². The van der Waals surface area contributed by atoms with Crippen molar-refractivity contribution in [2.45, 2.75) is 25.8 Å². The summed E-state index contributed by atoms with van der Waals surface area (Å²) in [6.45, 7) is 3.83. The van der Waals surface area contributed by atoms with Crippen molar-refractivity contribution in [2.75, 3.05) is 19.7 Å². The zero-order valence-electron chi connectivity index (χ0n) is 8.57. The molecule has 1 aliphatic heterocycles. The van der Waals surface area contributed by atoms with Crippen LogP contribution in [0.25, 0.3) is 0 Å². The minimum Gasteiger partial charge on any atom is -0.396 e. The Labute approximate surface area is 84.2 Å². The van der Waals surface area contributed by atoms with Crippen LogP contribution >= 0.6 is 0 Å². The number of nitrogens with one attached hydrogen (secondary N) is 1. The number of rotatable bonds is 3. The standard InChI is InChI=1S/C9H19N3O2/c1-7(9(14)11-10)12-4-2-8(6-13)3-5-12/h7-8,13H,2-6,10H2,1H3,(H,11,14). The van der Waals surface area contributed by atoms with Gasteiger partial charge in [0.2, 0.25) is 0 Å². The van der Waals surface area contributed by atoms with Crippen LogP contribution in [0.4, 0.5) is 0 Å². The van der Waals surface area contributed by atoms with E-state index in [0.29, 0.717) is 5.92 Å². The molecule has 1 unspecified atom stereocenters. The largest absolute Gasteiger partial charge is 0.396 e. The van der Waals surface area contributed by atoms with E-state index in [4.69, 9.17) is 10.9 Å². The Morgan fingerprint density at radius 2 is 2.21 bits per heavy atom. The maximum atomic E-state index is 11.2. The first-order chi connectivity index (χ1) is 6.69. The Balaban J connectivity index is 2.37. The molecule has 5 nitrogen and oxygen atoms in total. The van der Waals surface area contributed by atoms with Crippen LogP contribution in [-0.4, -0.2) is 41.7 Å². The van der Waals surface area contributed by atoms with Crippen LogP contribution in [0.5, 0.6) is 0 Å². The fourth-order valence-corrected chi connectivity index (χ4v) is 1.81. The predicted octanol–water partition coefficient (Wildman–Crippen LogP) is -0.931. The van der Waals surface area contributed by atoms with Gasteiger partial charge >= 0.3 is 0 Å². The Morgan fingerprint density at radius 3 is 2.64 bits per heavy atom. The van der Waals surface area contributed by atoms with Gasteiger partial charge in [-0.1, -0.05) is 0 Å². The molecule has 1 heterocycles. The monoisotopic (exact) mass is 201 g/mol. The highest BCUT2D eigenvalue weighted by molar-refractivity contribution is 5.80. The predicted molar refractivity (Wildman–Crippen MR) is 53.2 cm³/mol. The van der Waals surface area contributed by atoms with E-state index < -0.39 is 0 Å². The summed E-state index contributed by atoms with van der Waals surface area (Å²) in [5.74, 6) is 5.32. The molecule has 1 atom stereocenters. The molecule has 0 radical (unpaired) electrons.